The van der Waals surface area contributed by atoms with Gasteiger partial charge in [0.1, 0.15) is 0 Å². The minimum atomic E-state index is -0.0440. The van der Waals surface area contributed by atoms with Crippen molar-refractivity contribution in [1.29, 1.82) is 0 Å². The summed E-state index contributed by atoms with van der Waals surface area (Å²) in [7, 11) is 0. The van der Waals surface area contributed by atoms with E-state index in [9.17, 15) is 0 Å². The van der Waals surface area contributed by atoms with Gasteiger partial charge in [0.2, 0.25) is 0 Å². The fourth-order valence-corrected chi connectivity index (χ4v) is 1.49. The fourth-order valence-electron chi connectivity index (χ4n) is 1.49. The van der Waals surface area contributed by atoms with Gasteiger partial charge in [-0.3, -0.25) is 0 Å². The Kier molecular flexibility index (Phi) is 4.97. The van der Waals surface area contributed by atoms with Gasteiger partial charge in [-0.25, -0.2) is 0 Å². The van der Waals surface area contributed by atoms with E-state index >= 15 is 0 Å². The van der Waals surface area contributed by atoms with Crippen molar-refractivity contribution in [3.05, 3.63) is 35.9 Å². The Labute approximate surface area is 99.0 Å². The molecule has 0 bridgehead atoms. The van der Waals surface area contributed by atoms with Crippen LogP contribution in [0.25, 0.3) is 0 Å². The predicted octanol–water partition coefficient (Wildman–Crippen LogP) is 3.15. The monoisotopic (exact) mass is 221 g/mol. The van der Waals surface area contributed by atoms with Crippen LogP contribution >= 0.6 is 0 Å². The fraction of sp³-hybridized carbons (Fsp3) is 0.571. The van der Waals surface area contributed by atoms with Gasteiger partial charge in [0, 0.05) is 12.6 Å². The van der Waals surface area contributed by atoms with Crippen LogP contribution < -0.4 is 5.32 Å². The standard InChI is InChI=1S/C14H23NO/c1-12(13-8-6-5-7-9-13)15-10-11-16-14(2,3)4/h5-9,12,15H,10-11H2,1-4H3. The molecule has 0 amide bonds. The van der Waals surface area contributed by atoms with E-state index < -0.39 is 0 Å². The van der Waals surface area contributed by atoms with Gasteiger partial charge in [-0.1, -0.05) is 30.3 Å². The Morgan fingerprint density at radius 3 is 2.38 bits per heavy atom. The molecule has 2 nitrogen and oxygen atoms in total. The number of hydrogen-bond acceptors (Lipinski definition) is 2. The van der Waals surface area contributed by atoms with Gasteiger partial charge >= 0.3 is 0 Å². The van der Waals surface area contributed by atoms with E-state index in [2.05, 4.69) is 57.3 Å². The van der Waals surface area contributed by atoms with Crippen molar-refractivity contribution in [3.63, 3.8) is 0 Å². The Morgan fingerprint density at radius 2 is 1.81 bits per heavy atom. The second-order valence-corrected chi connectivity index (χ2v) is 5.05. The molecule has 2 heteroatoms. The first-order valence-corrected chi connectivity index (χ1v) is 5.91. The summed E-state index contributed by atoms with van der Waals surface area (Å²) in [5.41, 5.74) is 1.27. The lowest BCUT2D eigenvalue weighted by atomic mass is 10.1. The van der Waals surface area contributed by atoms with Gasteiger partial charge in [0.15, 0.2) is 0 Å². The van der Waals surface area contributed by atoms with Crippen molar-refractivity contribution in [3.8, 4) is 0 Å². The summed E-state index contributed by atoms with van der Waals surface area (Å²) in [6.45, 7) is 10.0. The topological polar surface area (TPSA) is 21.3 Å². The molecule has 16 heavy (non-hydrogen) atoms. The average molecular weight is 221 g/mol. The summed E-state index contributed by atoms with van der Waals surface area (Å²) in [5, 5.41) is 3.45. The SMILES string of the molecule is CC(NCCOC(C)(C)C)c1ccccc1. The van der Waals surface area contributed by atoms with Crippen LogP contribution in [0.4, 0.5) is 0 Å². The second-order valence-electron chi connectivity index (χ2n) is 5.05. The molecule has 0 spiro atoms. The number of rotatable bonds is 5. The highest BCUT2D eigenvalue weighted by molar-refractivity contribution is 5.17. The molecular weight excluding hydrogens is 198 g/mol. The molecule has 0 fully saturated rings. The number of nitrogens with one attached hydrogen (secondary N) is 1. The Morgan fingerprint density at radius 1 is 1.19 bits per heavy atom. The maximum atomic E-state index is 5.65. The van der Waals surface area contributed by atoms with Crippen molar-refractivity contribution < 1.29 is 4.74 Å². The van der Waals surface area contributed by atoms with E-state index in [1.54, 1.807) is 0 Å². The summed E-state index contributed by atoms with van der Waals surface area (Å²) < 4.78 is 5.65. The van der Waals surface area contributed by atoms with Crippen LogP contribution in [0.1, 0.15) is 39.3 Å². The van der Waals surface area contributed by atoms with Crippen LogP contribution in [0, 0.1) is 0 Å². The summed E-state index contributed by atoms with van der Waals surface area (Å²) in [6.07, 6.45) is 0. The van der Waals surface area contributed by atoms with E-state index in [1.165, 1.54) is 5.56 Å². The number of benzene rings is 1. The molecule has 90 valence electrons. The largest absolute Gasteiger partial charge is 0.375 e. The molecule has 0 radical (unpaired) electrons. The van der Waals surface area contributed by atoms with Crippen molar-refractivity contribution in [2.24, 2.45) is 0 Å². The normalized spacial score (nSPS) is 13.8. The zero-order valence-electron chi connectivity index (χ0n) is 10.8. The molecule has 1 rings (SSSR count). The third-order valence-corrected chi connectivity index (χ3v) is 2.39. The van der Waals surface area contributed by atoms with E-state index in [0.717, 1.165) is 13.2 Å². The molecule has 0 aliphatic rings. The molecule has 0 heterocycles. The predicted molar refractivity (Wildman–Crippen MR) is 68.6 cm³/mol. The minimum Gasteiger partial charge on any atom is -0.375 e. The van der Waals surface area contributed by atoms with Gasteiger partial charge in [-0.2, -0.15) is 0 Å². The van der Waals surface area contributed by atoms with Crippen molar-refractivity contribution >= 4 is 0 Å². The summed E-state index contributed by atoms with van der Waals surface area (Å²) in [6, 6.07) is 10.8. The van der Waals surface area contributed by atoms with E-state index in [0.29, 0.717) is 6.04 Å². The molecule has 1 atom stereocenters. The van der Waals surface area contributed by atoms with E-state index in [1.807, 2.05) is 6.07 Å². The van der Waals surface area contributed by atoms with Crippen molar-refractivity contribution in [2.75, 3.05) is 13.2 Å². The van der Waals surface area contributed by atoms with Gasteiger partial charge in [-0.05, 0) is 33.3 Å². The zero-order chi connectivity index (χ0) is 12.0. The summed E-state index contributed by atoms with van der Waals surface area (Å²) in [4.78, 5) is 0. The third kappa shape index (κ3) is 5.29. The average Bonchev–Trinajstić information content (AvgIpc) is 2.24. The lowest BCUT2D eigenvalue weighted by Crippen LogP contribution is -2.28. The van der Waals surface area contributed by atoms with Crippen molar-refractivity contribution in [2.45, 2.75) is 39.3 Å². The first-order chi connectivity index (χ1) is 7.49. The van der Waals surface area contributed by atoms with Crippen LogP contribution in [0.5, 0.6) is 0 Å². The van der Waals surface area contributed by atoms with Crippen molar-refractivity contribution in [1.82, 2.24) is 5.32 Å². The van der Waals surface area contributed by atoms with Crippen LogP contribution in [0.15, 0.2) is 30.3 Å². The highest BCUT2D eigenvalue weighted by Crippen LogP contribution is 2.11. The van der Waals surface area contributed by atoms with Crippen LogP contribution in [-0.2, 0) is 4.74 Å². The summed E-state index contributed by atoms with van der Waals surface area (Å²) >= 11 is 0. The Hall–Kier alpha value is -0.860. The molecule has 0 saturated carbocycles. The van der Waals surface area contributed by atoms with Crippen LogP contribution in [0.3, 0.4) is 0 Å². The first-order valence-electron chi connectivity index (χ1n) is 5.91. The highest BCUT2D eigenvalue weighted by atomic mass is 16.5. The third-order valence-electron chi connectivity index (χ3n) is 2.39. The number of hydrogen-bond donors (Lipinski definition) is 1. The first kappa shape index (κ1) is 13.2. The molecule has 1 N–H and O–H groups in total. The second kappa shape index (κ2) is 6.02. The maximum Gasteiger partial charge on any atom is 0.0599 e. The van der Waals surface area contributed by atoms with E-state index in [4.69, 9.17) is 4.74 Å². The smallest absolute Gasteiger partial charge is 0.0599 e. The Balaban J connectivity index is 2.24. The number of ether oxygens (including phenoxy) is 1. The van der Waals surface area contributed by atoms with Crippen LogP contribution in [0.2, 0.25) is 0 Å². The van der Waals surface area contributed by atoms with E-state index in [-0.39, 0.29) is 5.60 Å². The molecule has 1 unspecified atom stereocenters. The zero-order valence-corrected chi connectivity index (χ0v) is 10.8. The molecule has 0 aliphatic carbocycles. The lowest BCUT2D eigenvalue weighted by Gasteiger charge is -2.21. The van der Waals surface area contributed by atoms with Gasteiger partial charge in [-0.15, -0.1) is 0 Å². The summed E-state index contributed by atoms with van der Waals surface area (Å²) in [5.74, 6) is 0. The molecule has 0 saturated heterocycles. The van der Waals surface area contributed by atoms with Gasteiger partial charge in [0.25, 0.3) is 0 Å². The van der Waals surface area contributed by atoms with Gasteiger partial charge < -0.3 is 10.1 Å². The molecule has 0 aliphatic heterocycles. The lowest BCUT2D eigenvalue weighted by molar-refractivity contribution is -0.00149. The maximum absolute atomic E-state index is 5.65. The Bertz CT molecular complexity index is 289. The van der Waals surface area contributed by atoms with Gasteiger partial charge in [0.05, 0.1) is 12.2 Å². The molecule has 1 aromatic rings. The minimum absolute atomic E-state index is 0.0440. The molecule has 0 aromatic heterocycles. The van der Waals surface area contributed by atoms with Crippen LogP contribution in [-0.4, -0.2) is 18.8 Å². The quantitative estimate of drug-likeness (QED) is 0.771. The molecule has 1 aromatic carbocycles. The molecular formula is C14H23NO. The highest BCUT2D eigenvalue weighted by Gasteiger charge is 2.09.